The van der Waals surface area contributed by atoms with Gasteiger partial charge in [-0.15, -0.1) is 0 Å². The van der Waals surface area contributed by atoms with Crippen LogP contribution in [0, 0.1) is 6.92 Å². The second-order valence-corrected chi connectivity index (χ2v) is 9.55. The Labute approximate surface area is 211 Å². The molecule has 0 heterocycles. The standard InChI is InChI=1S/C26H34ClN3O5/c1-6-15-30(24(33)20(16-31)28-25(34)35-26(3,4)5)22(18-12-8-7-9-13-18)23(32)29-21-17(2)11-10-14-19(21)27/h7-14,20,22,31H,6,15-16H2,1-5H3,(H,28,34)(H,29,32). The maximum Gasteiger partial charge on any atom is 0.408 e. The van der Waals surface area contributed by atoms with E-state index in [-0.39, 0.29) is 6.54 Å². The summed E-state index contributed by atoms with van der Waals surface area (Å²) >= 11 is 6.32. The van der Waals surface area contributed by atoms with E-state index in [2.05, 4.69) is 10.6 Å². The Balaban J connectivity index is 2.43. The summed E-state index contributed by atoms with van der Waals surface area (Å²) in [5.41, 5.74) is 1.01. The summed E-state index contributed by atoms with van der Waals surface area (Å²) in [7, 11) is 0. The molecule has 35 heavy (non-hydrogen) atoms. The topological polar surface area (TPSA) is 108 Å². The molecule has 9 heteroatoms. The molecule has 0 aliphatic rings. The summed E-state index contributed by atoms with van der Waals surface area (Å²) in [5.74, 6) is -1.08. The van der Waals surface area contributed by atoms with Crippen LogP contribution < -0.4 is 10.6 Å². The average molecular weight is 504 g/mol. The fourth-order valence-corrected chi connectivity index (χ4v) is 3.80. The zero-order chi connectivity index (χ0) is 26.2. The monoisotopic (exact) mass is 503 g/mol. The molecule has 2 aromatic carbocycles. The molecule has 2 atom stereocenters. The molecule has 0 aromatic heterocycles. The van der Waals surface area contributed by atoms with Crippen LogP contribution in [-0.2, 0) is 14.3 Å². The van der Waals surface area contributed by atoms with Crippen molar-refractivity contribution in [1.29, 1.82) is 0 Å². The number of para-hydroxylation sites is 1. The molecule has 3 amide bonds. The molecule has 0 bridgehead atoms. The number of hydrogen-bond donors (Lipinski definition) is 3. The van der Waals surface area contributed by atoms with Crippen LogP contribution >= 0.6 is 11.6 Å². The van der Waals surface area contributed by atoms with Crippen molar-refractivity contribution < 1.29 is 24.2 Å². The zero-order valence-corrected chi connectivity index (χ0v) is 21.6. The van der Waals surface area contributed by atoms with Gasteiger partial charge in [-0.2, -0.15) is 0 Å². The van der Waals surface area contributed by atoms with E-state index < -0.39 is 42.2 Å². The zero-order valence-electron chi connectivity index (χ0n) is 20.8. The smallest absolute Gasteiger partial charge is 0.408 e. The minimum Gasteiger partial charge on any atom is -0.444 e. The lowest BCUT2D eigenvalue weighted by atomic mass is 10.0. The fourth-order valence-electron chi connectivity index (χ4n) is 3.53. The highest BCUT2D eigenvalue weighted by Crippen LogP contribution is 2.29. The van der Waals surface area contributed by atoms with E-state index in [0.717, 1.165) is 5.56 Å². The van der Waals surface area contributed by atoms with Crippen molar-refractivity contribution >= 4 is 35.2 Å². The molecule has 2 aromatic rings. The molecule has 8 nitrogen and oxygen atoms in total. The van der Waals surface area contributed by atoms with Gasteiger partial charge < -0.3 is 25.4 Å². The summed E-state index contributed by atoms with van der Waals surface area (Å²) in [5, 5.41) is 15.6. The largest absolute Gasteiger partial charge is 0.444 e. The van der Waals surface area contributed by atoms with E-state index in [1.807, 2.05) is 26.0 Å². The minimum atomic E-state index is -1.29. The molecule has 0 fully saturated rings. The van der Waals surface area contributed by atoms with Crippen LogP contribution in [-0.4, -0.2) is 52.7 Å². The normalized spacial score (nSPS) is 12.9. The number of amides is 3. The van der Waals surface area contributed by atoms with Gasteiger partial charge in [0.05, 0.1) is 17.3 Å². The number of halogens is 1. The number of carbonyl (C=O) groups is 3. The Morgan fingerprint density at radius 1 is 1.09 bits per heavy atom. The second kappa shape index (κ2) is 12.6. The number of benzene rings is 2. The Morgan fingerprint density at radius 2 is 1.74 bits per heavy atom. The van der Waals surface area contributed by atoms with Crippen LogP contribution in [0.1, 0.15) is 51.3 Å². The maximum atomic E-state index is 13.6. The molecule has 0 radical (unpaired) electrons. The highest BCUT2D eigenvalue weighted by atomic mass is 35.5. The molecule has 2 unspecified atom stereocenters. The van der Waals surface area contributed by atoms with Crippen molar-refractivity contribution in [2.24, 2.45) is 0 Å². The molecule has 190 valence electrons. The SMILES string of the molecule is CCCN(C(=O)C(CO)NC(=O)OC(C)(C)C)C(C(=O)Nc1c(C)cccc1Cl)c1ccccc1. The van der Waals surface area contributed by atoms with Gasteiger partial charge in [0.15, 0.2) is 0 Å². The highest BCUT2D eigenvalue weighted by molar-refractivity contribution is 6.34. The van der Waals surface area contributed by atoms with Crippen LogP contribution in [0.5, 0.6) is 0 Å². The lowest BCUT2D eigenvalue weighted by Gasteiger charge is -2.34. The minimum absolute atomic E-state index is 0.208. The van der Waals surface area contributed by atoms with Gasteiger partial charge in [-0.3, -0.25) is 9.59 Å². The van der Waals surface area contributed by atoms with E-state index >= 15 is 0 Å². The third-order valence-electron chi connectivity index (χ3n) is 5.06. The Kier molecular flexibility index (Phi) is 10.1. The maximum absolute atomic E-state index is 13.6. The van der Waals surface area contributed by atoms with Crippen LogP contribution in [0.25, 0.3) is 0 Å². The molecular weight excluding hydrogens is 470 g/mol. The molecule has 2 rings (SSSR count). The number of nitrogens with one attached hydrogen (secondary N) is 2. The first-order valence-corrected chi connectivity index (χ1v) is 11.9. The Hall–Kier alpha value is -3.10. The quantitative estimate of drug-likeness (QED) is 0.468. The number of rotatable bonds is 9. The molecule has 0 saturated heterocycles. The number of carbonyl (C=O) groups excluding carboxylic acids is 3. The summed E-state index contributed by atoms with van der Waals surface area (Å²) < 4.78 is 5.23. The number of anilines is 1. The second-order valence-electron chi connectivity index (χ2n) is 9.15. The van der Waals surface area contributed by atoms with E-state index in [4.69, 9.17) is 16.3 Å². The number of aryl methyl sites for hydroxylation is 1. The molecule has 0 aliphatic heterocycles. The predicted octanol–water partition coefficient (Wildman–Crippen LogP) is 4.45. The van der Waals surface area contributed by atoms with Crippen molar-refractivity contribution in [3.63, 3.8) is 0 Å². The van der Waals surface area contributed by atoms with Crippen LogP contribution in [0.3, 0.4) is 0 Å². The number of ether oxygens (including phenoxy) is 1. The lowest BCUT2D eigenvalue weighted by Crippen LogP contribution is -2.54. The first-order chi connectivity index (χ1) is 16.5. The first kappa shape index (κ1) is 28.1. The van der Waals surface area contributed by atoms with Crippen LogP contribution in [0.2, 0.25) is 5.02 Å². The molecule has 3 N–H and O–H groups in total. The van der Waals surface area contributed by atoms with Crippen molar-refractivity contribution in [3.8, 4) is 0 Å². The van der Waals surface area contributed by atoms with Gasteiger partial charge in [0.1, 0.15) is 17.7 Å². The molecular formula is C26H34ClN3O5. The highest BCUT2D eigenvalue weighted by Gasteiger charge is 2.36. The summed E-state index contributed by atoms with van der Waals surface area (Å²) in [4.78, 5) is 40.8. The van der Waals surface area contributed by atoms with E-state index in [1.54, 1.807) is 57.2 Å². The third kappa shape index (κ3) is 7.97. The van der Waals surface area contributed by atoms with Crippen molar-refractivity contribution in [2.45, 2.75) is 58.7 Å². The van der Waals surface area contributed by atoms with Gasteiger partial charge in [-0.05, 0) is 51.3 Å². The third-order valence-corrected chi connectivity index (χ3v) is 5.38. The van der Waals surface area contributed by atoms with Gasteiger partial charge in [-0.1, -0.05) is 61.0 Å². The first-order valence-electron chi connectivity index (χ1n) is 11.5. The van der Waals surface area contributed by atoms with Crippen molar-refractivity contribution in [1.82, 2.24) is 10.2 Å². The van der Waals surface area contributed by atoms with Crippen molar-refractivity contribution in [2.75, 3.05) is 18.5 Å². The molecule has 0 spiro atoms. The van der Waals surface area contributed by atoms with Gasteiger partial charge in [0, 0.05) is 6.54 Å². The Bertz CT molecular complexity index is 1000. The summed E-state index contributed by atoms with van der Waals surface area (Å²) in [6.07, 6.45) is -0.299. The van der Waals surface area contributed by atoms with Gasteiger partial charge in [0.25, 0.3) is 5.91 Å². The van der Waals surface area contributed by atoms with Gasteiger partial charge in [-0.25, -0.2) is 4.79 Å². The van der Waals surface area contributed by atoms with Crippen LogP contribution in [0.4, 0.5) is 10.5 Å². The number of aliphatic hydroxyl groups excluding tert-OH is 1. The summed E-state index contributed by atoms with van der Waals surface area (Å²) in [6, 6.07) is 11.8. The van der Waals surface area contributed by atoms with E-state index in [0.29, 0.717) is 22.7 Å². The van der Waals surface area contributed by atoms with Gasteiger partial charge >= 0.3 is 6.09 Å². The summed E-state index contributed by atoms with van der Waals surface area (Å²) in [6.45, 7) is 8.31. The fraction of sp³-hybridized carbons (Fsp3) is 0.423. The predicted molar refractivity (Wildman–Crippen MR) is 136 cm³/mol. The van der Waals surface area contributed by atoms with Crippen molar-refractivity contribution in [3.05, 3.63) is 64.7 Å². The van der Waals surface area contributed by atoms with E-state index in [9.17, 15) is 19.5 Å². The van der Waals surface area contributed by atoms with Crippen LogP contribution in [0.15, 0.2) is 48.5 Å². The number of aliphatic hydroxyl groups is 1. The lowest BCUT2D eigenvalue weighted by molar-refractivity contribution is -0.141. The van der Waals surface area contributed by atoms with E-state index in [1.165, 1.54) is 4.90 Å². The average Bonchev–Trinajstić information content (AvgIpc) is 2.78. The Morgan fingerprint density at radius 3 is 2.29 bits per heavy atom. The number of alkyl carbamates (subject to hydrolysis) is 1. The number of nitrogens with zero attached hydrogens (tertiary/aromatic N) is 1. The molecule has 0 saturated carbocycles. The van der Waals surface area contributed by atoms with Gasteiger partial charge in [0.2, 0.25) is 5.91 Å². The number of hydrogen-bond acceptors (Lipinski definition) is 5. The molecule has 0 aliphatic carbocycles.